The van der Waals surface area contributed by atoms with E-state index < -0.39 is 5.41 Å². The fraction of sp³-hybridized carbons (Fsp3) is 0.556. The number of aldehydes is 1. The summed E-state index contributed by atoms with van der Waals surface area (Å²) in [5.41, 5.74) is 1.46. The predicted molar refractivity (Wildman–Crippen MR) is 47.0 cm³/mol. The lowest BCUT2D eigenvalue weighted by atomic mass is 9.89. The summed E-state index contributed by atoms with van der Waals surface area (Å²) in [5.74, 6) is 0. The average molecular weight is 166 g/mol. The van der Waals surface area contributed by atoms with Crippen molar-refractivity contribution in [1.29, 1.82) is 0 Å². The van der Waals surface area contributed by atoms with Crippen molar-refractivity contribution in [3.8, 4) is 0 Å². The Bertz CT molecular complexity index is 299. The molecule has 0 aliphatic carbocycles. The first kappa shape index (κ1) is 8.97. The minimum absolute atomic E-state index is 0.467. The first-order chi connectivity index (χ1) is 5.47. The zero-order valence-corrected chi connectivity index (χ0v) is 7.96. The van der Waals surface area contributed by atoms with Gasteiger partial charge in [0, 0.05) is 13.2 Å². The maximum absolute atomic E-state index is 10.7. The van der Waals surface area contributed by atoms with Gasteiger partial charge in [0.05, 0.1) is 11.1 Å². The molecule has 0 saturated heterocycles. The van der Waals surface area contributed by atoms with E-state index >= 15 is 0 Å². The van der Waals surface area contributed by atoms with E-state index in [0.717, 1.165) is 17.5 Å². The van der Waals surface area contributed by atoms with Gasteiger partial charge in [0.2, 0.25) is 0 Å². The molecule has 0 fully saturated rings. The Morgan fingerprint density at radius 1 is 1.58 bits per heavy atom. The molecular formula is C9H14N2O. The lowest BCUT2D eigenvalue weighted by Gasteiger charge is -2.14. The first-order valence-corrected chi connectivity index (χ1v) is 3.94. The molecular weight excluding hydrogens is 152 g/mol. The van der Waals surface area contributed by atoms with Gasteiger partial charge in [-0.1, -0.05) is 0 Å². The van der Waals surface area contributed by atoms with Crippen LogP contribution in [0, 0.1) is 6.92 Å². The molecule has 0 spiro atoms. The van der Waals surface area contributed by atoms with Gasteiger partial charge in [0.1, 0.15) is 6.29 Å². The summed E-state index contributed by atoms with van der Waals surface area (Å²) in [5, 5.41) is 4.24. The molecule has 66 valence electrons. The third-order valence-electron chi connectivity index (χ3n) is 1.92. The van der Waals surface area contributed by atoms with Crippen molar-refractivity contribution in [2.75, 3.05) is 0 Å². The predicted octanol–water partition coefficient (Wildman–Crippen LogP) is 1.21. The van der Waals surface area contributed by atoms with Crippen molar-refractivity contribution in [3.05, 3.63) is 17.5 Å². The molecule has 0 bridgehead atoms. The summed E-state index contributed by atoms with van der Waals surface area (Å²) < 4.78 is 1.73. The van der Waals surface area contributed by atoms with Crippen LogP contribution in [-0.4, -0.2) is 16.1 Å². The number of carbonyl (C=O) groups is 1. The molecule has 0 N–H and O–H groups in total. The number of rotatable bonds is 2. The van der Waals surface area contributed by atoms with E-state index in [-0.39, 0.29) is 0 Å². The zero-order chi connectivity index (χ0) is 9.35. The number of aryl methyl sites for hydroxylation is 2. The topological polar surface area (TPSA) is 34.9 Å². The highest BCUT2D eigenvalue weighted by atomic mass is 16.1. The summed E-state index contributed by atoms with van der Waals surface area (Å²) in [6.45, 7) is 5.71. The third-order valence-corrected chi connectivity index (χ3v) is 1.92. The molecule has 3 heteroatoms. The summed E-state index contributed by atoms with van der Waals surface area (Å²) in [6.07, 6.45) is 2.85. The van der Waals surface area contributed by atoms with Crippen LogP contribution in [0.4, 0.5) is 0 Å². The van der Waals surface area contributed by atoms with Gasteiger partial charge in [0.25, 0.3) is 0 Å². The van der Waals surface area contributed by atoms with Crippen LogP contribution in [0.3, 0.4) is 0 Å². The highest BCUT2D eigenvalue weighted by Gasteiger charge is 2.24. The Morgan fingerprint density at radius 3 is 2.50 bits per heavy atom. The van der Waals surface area contributed by atoms with Crippen LogP contribution in [0.25, 0.3) is 0 Å². The second kappa shape index (κ2) is 2.73. The molecule has 1 aromatic heterocycles. The summed E-state index contributed by atoms with van der Waals surface area (Å²) >= 11 is 0. The maximum atomic E-state index is 10.7. The Morgan fingerprint density at radius 2 is 2.17 bits per heavy atom. The number of hydrogen-bond donors (Lipinski definition) is 0. The normalized spacial score (nSPS) is 11.7. The van der Waals surface area contributed by atoms with Crippen molar-refractivity contribution in [2.45, 2.75) is 26.2 Å². The van der Waals surface area contributed by atoms with Crippen LogP contribution >= 0.6 is 0 Å². The molecule has 0 atom stereocenters. The van der Waals surface area contributed by atoms with E-state index in [1.807, 2.05) is 34.0 Å². The van der Waals surface area contributed by atoms with Crippen molar-refractivity contribution in [1.82, 2.24) is 9.78 Å². The van der Waals surface area contributed by atoms with Crippen molar-refractivity contribution >= 4 is 6.29 Å². The Hall–Kier alpha value is -1.12. The SMILES string of the molecule is Cc1cn(C)nc1C(C)(C)C=O. The lowest BCUT2D eigenvalue weighted by molar-refractivity contribution is -0.111. The van der Waals surface area contributed by atoms with Crippen LogP contribution in [0.1, 0.15) is 25.1 Å². The highest BCUT2D eigenvalue weighted by molar-refractivity contribution is 5.66. The Balaban J connectivity index is 3.18. The van der Waals surface area contributed by atoms with Gasteiger partial charge in [-0.15, -0.1) is 0 Å². The third kappa shape index (κ3) is 1.40. The standard InChI is InChI=1S/C9H14N2O/c1-7-5-11(4)10-8(7)9(2,3)6-12/h5-6H,1-4H3. The largest absolute Gasteiger partial charge is 0.302 e. The van der Waals surface area contributed by atoms with E-state index in [4.69, 9.17) is 0 Å². The van der Waals surface area contributed by atoms with Crippen molar-refractivity contribution in [2.24, 2.45) is 7.05 Å². The molecule has 1 aromatic rings. The minimum Gasteiger partial charge on any atom is -0.302 e. The molecule has 0 aliphatic rings. The van der Waals surface area contributed by atoms with Gasteiger partial charge < -0.3 is 4.79 Å². The Kier molecular flexibility index (Phi) is 2.04. The van der Waals surface area contributed by atoms with E-state index in [1.165, 1.54) is 0 Å². The number of carbonyl (C=O) groups excluding carboxylic acids is 1. The van der Waals surface area contributed by atoms with E-state index in [9.17, 15) is 4.79 Å². The molecule has 0 aromatic carbocycles. The van der Waals surface area contributed by atoms with E-state index in [1.54, 1.807) is 4.68 Å². The maximum Gasteiger partial charge on any atom is 0.131 e. The van der Waals surface area contributed by atoms with Gasteiger partial charge in [-0.25, -0.2) is 0 Å². The minimum atomic E-state index is -0.467. The average Bonchev–Trinajstić information content (AvgIpc) is 2.31. The zero-order valence-electron chi connectivity index (χ0n) is 7.96. The molecule has 1 heterocycles. The number of hydrogen-bond acceptors (Lipinski definition) is 2. The molecule has 3 nitrogen and oxygen atoms in total. The summed E-state index contributed by atoms with van der Waals surface area (Å²) in [7, 11) is 1.86. The molecule has 12 heavy (non-hydrogen) atoms. The quantitative estimate of drug-likeness (QED) is 0.619. The van der Waals surface area contributed by atoms with Crippen LogP contribution in [0.15, 0.2) is 6.20 Å². The number of nitrogens with zero attached hydrogens (tertiary/aromatic N) is 2. The van der Waals surface area contributed by atoms with Crippen LogP contribution < -0.4 is 0 Å². The summed E-state index contributed by atoms with van der Waals surface area (Å²) in [4.78, 5) is 10.7. The van der Waals surface area contributed by atoms with Gasteiger partial charge in [-0.3, -0.25) is 4.68 Å². The molecule has 0 saturated carbocycles. The van der Waals surface area contributed by atoms with E-state index in [0.29, 0.717) is 0 Å². The lowest BCUT2D eigenvalue weighted by Crippen LogP contribution is -2.20. The highest BCUT2D eigenvalue weighted by Crippen LogP contribution is 2.21. The monoisotopic (exact) mass is 166 g/mol. The van der Waals surface area contributed by atoms with Crippen LogP contribution in [-0.2, 0) is 17.3 Å². The number of aromatic nitrogens is 2. The van der Waals surface area contributed by atoms with Crippen LogP contribution in [0.2, 0.25) is 0 Å². The van der Waals surface area contributed by atoms with Gasteiger partial charge in [-0.2, -0.15) is 5.10 Å². The molecule has 0 aliphatic heterocycles. The molecule has 1 rings (SSSR count). The van der Waals surface area contributed by atoms with Crippen LogP contribution in [0.5, 0.6) is 0 Å². The van der Waals surface area contributed by atoms with Gasteiger partial charge in [-0.05, 0) is 26.3 Å². The molecule has 0 radical (unpaired) electrons. The smallest absolute Gasteiger partial charge is 0.131 e. The van der Waals surface area contributed by atoms with Gasteiger partial charge >= 0.3 is 0 Å². The molecule has 0 unspecified atom stereocenters. The van der Waals surface area contributed by atoms with E-state index in [2.05, 4.69) is 5.10 Å². The van der Waals surface area contributed by atoms with Gasteiger partial charge in [0.15, 0.2) is 0 Å². The second-order valence-corrected chi connectivity index (χ2v) is 3.67. The van der Waals surface area contributed by atoms with Crippen molar-refractivity contribution in [3.63, 3.8) is 0 Å². The fourth-order valence-electron chi connectivity index (χ4n) is 1.30. The summed E-state index contributed by atoms with van der Waals surface area (Å²) in [6, 6.07) is 0. The first-order valence-electron chi connectivity index (χ1n) is 3.94. The molecule has 0 amide bonds. The van der Waals surface area contributed by atoms with Crippen molar-refractivity contribution < 1.29 is 4.79 Å². The fourth-order valence-corrected chi connectivity index (χ4v) is 1.30. The Labute approximate surface area is 72.4 Å². The second-order valence-electron chi connectivity index (χ2n) is 3.67.